The fraction of sp³-hybridized carbons (Fsp3) is 0.364. The Bertz CT molecular complexity index is 584. The van der Waals surface area contributed by atoms with E-state index in [1.165, 1.54) is 32.4 Å². The average Bonchev–Trinajstić information content (AvgIpc) is 2.43. The van der Waals surface area contributed by atoms with E-state index in [2.05, 4.69) is 0 Å². The lowest BCUT2D eigenvalue weighted by atomic mass is 10.3. The Morgan fingerprint density at radius 3 is 2.35 bits per heavy atom. The van der Waals surface area contributed by atoms with Gasteiger partial charge in [-0.05, 0) is 12.1 Å². The fourth-order valence-corrected chi connectivity index (χ4v) is 2.60. The third-order valence-electron chi connectivity index (χ3n) is 2.44. The van der Waals surface area contributed by atoms with Crippen molar-refractivity contribution in [1.82, 2.24) is 4.72 Å². The highest BCUT2D eigenvalue weighted by molar-refractivity contribution is 7.89. The van der Waals surface area contributed by atoms with Crippen LogP contribution in [0.4, 0.5) is 0 Å². The van der Waals surface area contributed by atoms with Crippen molar-refractivity contribution in [3.05, 3.63) is 18.2 Å². The van der Waals surface area contributed by atoms with E-state index < -0.39 is 28.6 Å². The molecule has 0 bridgehead atoms. The van der Waals surface area contributed by atoms with Gasteiger partial charge in [0.1, 0.15) is 6.04 Å². The molecule has 0 aliphatic rings. The highest BCUT2D eigenvalue weighted by Crippen LogP contribution is 2.29. The second-order valence-electron chi connectivity index (χ2n) is 3.71. The van der Waals surface area contributed by atoms with Gasteiger partial charge in [-0.15, -0.1) is 0 Å². The van der Waals surface area contributed by atoms with Gasteiger partial charge in [-0.25, -0.2) is 8.42 Å². The Hall–Kier alpha value is -1.84. The molecule has 1 atom stereocenters. The van der Waals surface area contributed by atoms with E-state index in [0.29, 0.717) is 5.75 Å². The Morgan fingerprint density at radius 2 is 1.90 bits per heavy atom. The summed E-state index contributed by atoms with van der Waals surface area (Å²) >= 11 is 0. The summed E-state index contributed by atoms with van der Waals surface area (Å²) in [6, 6.07) is 2.19. The van der Waals surface area contributed by atoms with Crippen LogP contribution in [0.3, 0.4) is 0 Å². The number of carbonyl (C=O) groups is 1. The molecule has 1 aromatic rings. The van der Waals surface area contributed by atoms with Crippen LogP contribution in [0.2, 0.25) is 0 Å². The Balaban J connectivity index is 3.12. The molecule has 20 heavy (non-hydrogen) atoms. The number of methoxy groups -OCH3 is 2. The molecule has 0 spiro atoms. The van der Waals surface area contributed by atoms with Gasteiger partial charge < -0.3 is 19.7 Å². The standard InChI is InChI=1S/C11H15NO7S/c1-18-9-4-3-7(5-10(9)19-2)20(16,17)12-8(6-13)11(14)15/h3-5,8,12-13H,6H2,1-2H3,(H,14,15)/t8-/m0/s1. The number of rotatable bonds is 7. The van der Waals surface area contributed by atoms with Crippen molar-refractivity contribution in [2.75, 3.05) is 20.8 Å². The molecule has 0 saturated carbocycles. The van der Waals surface area contributed by atoms with Crippen molar-refractivity contribution in [2.45, 2.75) is 10.9 Å². The van der Waals surface area contributed by atoms with Gasteiger partial charge in [-0.1, -0.05) is 0 Å². The van der Waals surface area contributed by atoms with Gasteiger partial charge in [0.05, 0.1) is 25.7 Å². The minimum atomic E-state index is -4.10. The summed E-state index contributed by atoms with van der Waals surface area (Å²) in [6.07, 6.45) is 0. The van der Waals surface area contributed by atoms with Crippen LogP contribution in [-0.2, 0) is 14.8 Å². The van der Waals surface area contributed by atoms with Gasteiger partial charge in [0, 0.05) is 6.07 Å². The summed E-state index contributed by atoms with van der Waals surface area (Å²) in [5.41, 5.74) is 0. The number of nitrogens with one attached hydrogen (secondary N) is 1. The van der Waals surface area contributed by atoms with E-state index in [0.717, 1.165) is 0 Å². The van der Waals surface area contributed by atoms with E-state index in [1.807, 2.05) is 4.72 Å². The quantitative estimate of drug-likeness (QED) is 0.616. The third kappa shape index (κ3) is 3.59. The maximum absolute atomic E-state index is 12.0. The lowest BCUT2D eigenvalue weighted by molar-refractivity contribution is -0.139. The summed E-state index contributed by atoms with van der Waals surface area (Å²) < 4.78 is 35.8. The molecule has 0 heterocycles. The molecule has 0 fully saturated rings. The molecule has 0 amide bonds. The summed E-state index contributed by atoms with van der Waals surface area (Å²) in [7, 11) is -1.36. The van der Waals surface area contributed by atoms with Gasteiger partial charge in [0.25, 0.3) is 0 Å². The van der Waals surface area contributed by atoms with E-state index >= 15 is 0 Å². The molecule has 3 N–H and O–H groups in total. The van der Waals surface area contributed by atoms with Crippen LogP contribution in [0.5, 0.6) is 11.5 Å². The van der Waals surface area contributed by atoms with Gasteiger partial charge in [0.15, 0.2) is 11.5 Å². The van der Waals surface area contributed by atoms with Crippen molar-refractivity contribution in [3.8, 4) is 11.5 Å². The highest BCUT2D eigenvalue weighted by atomic mass is 32.2. The van der Waals surface area contributed by atoms with E-state index in [4.69, 9.17) is 19.7 Å². The zero-order chi connectivity index (χ0) is 15.3. The Morgan fingerprint density at radius 1 is 1.30 bits per heavy atom. The zero-order valence-corrected chi connectivity index (χ0v) is 11.7. The minimum absolute atomic E-state index is 0.186. The molecule has 9 heteroatoms. The van der Waals surface area contributed by atoms with E-state index in [1.54, 1.807) is 0 Å². The highest BCUT2D eigenvalue weighted by Gasteiger charge is 2.25. The number of benzene rings is 1. The number of ether oxygens (including phenoxy) is 2. The van der Waals surface area contributed by atoms with Crippen molar-refractivity contribution < 1.29 is 32.9 Å². The average molecular weight is 305 g/mol. The topological polar surface area (TPSA) is 122 Å². The zero-order valence-electron chi connectivity index (χ0n) is 10.9. The second-order valence-corrected chi connectivity index (χ2v) is 5.43. The summed E-state index contributed by atoms with van der Waals surface area (Å²) in [6.45, 7) is -0.859. The Labute approximate surface area is 116 Å². The molecule has 0 unspecified atom stereocenters. The lowest BCUT2D eigenvalue weighted by Crippen LogP contribution is -2.43. The number of aliphatic hydroxyl groups is 1. The smallest absolute Gasteiger partial charge is 0.324 e. The molecule has 8 nitrogen and oxygen atoms in total. The molecule has 1 aromatic carbocycles. The van der Waals surface area contributed by atoms with Gasteiger partial charge in [-0.3, -0.25) is 4.79 Å². The molecule has 0 radical (unpaired) electrons. The van der Waals surface area contributed by atoms with Crippen LogP contribution >= 0.6 is 0 Å². The SMILES string of the molecule is COc1ccc(S(=O)(=O)N[C@@H](CO)C(=O)O)cc1OC. The molecular formula is C11H15NO7S. The van der Waals surface area contributed by atoms with Crippen molar-refractivity contribution >= 4 is 16.0 Å². The number of sulfonamides is 1. The number of hydrogen-bond acceptors (Lipinski definition) is 6. The van der Waals surface area contributed by atoms with Crippen molar-refractivity contribution in [2.24, 2.45) is 0 Å². The molecule has 0 aliphatic heterocycles. The van der Waals surface area contributed by atoms with Gasteiger partial charge in [-0.2, -0.15) is 4.72 Å². The van der Waals surface area contributed by atoms with Crippen molar-refractivity contribution in [3.63, 3.8) is 0 Å². The first-order valence-corrected chi connectivity index (χ1v) is 6.92. The molecule has 1 rings (SSSR count). The lowest BCUT2D eigenvalue weighted by Gasteiger charge is -2.14. The van der Waals surface area contributed by atoms with Crippen LogP contribution in [0.25, 0.3) is 0 Å². The Kier molecular flexibility index (Phi) is 5.31. The first-order valence-electron chi connectivity index (χ1n) is 5.43. The predicted octanol–water partition coefficient (Wildman–Crippen LogP) is -0.572. The number of carboxylic acid groups (broad SMARTS) is 1. The summed E-state index contributed by atoms with van der Waals surface area (Å²) in [5, 5.41) is 17.6. The van der Waals surface area contributed by atoms with Gasteiger partial charge in [0.2, 0.25) is 10.0 Å². The monoisotopic (exact) mass is 305 g/mol. The summed E-state index contributed by atoms with van der Waals surface area (Å²) in [5.74, 6) is -0.953. The number of carboxylic acids is 1. The normalized spacial score (nSPS) is 12.8. The maximum Gasteiger partial charge on any atom is 0.324 e. The number of aliphatic hydroxyl groups excluding tert-OH is 1. The third-order valence-corrected chi connectivity index (χ3v) is 3.91. The fourth-order valence-electron chi connectivity index (χ4n) is 1.40. The van der Waals surface area contributed by atoms with Crippen molar-refractivity contribution in [1.29, 1.82) is 0 Å². The van der Waals surface area contributed by atoms with E-state index in [9.17, 15) is 13.2 Å². The maximum atomic E-state index is 12.0. The predicted molar refractivity (Wildman–Crippen MR) is 68.4 cm³/mol. The molecule has 0 aliphatic carbocycles. The minimum Gasteiger partial charge on any atom is -0.493 e. The van der Waals surface area contributed by atoms with Gasteiger partial charge >= 0.3 is 5.97 Å². The van der Waals surface area contributed by atoms with Crippen LogP contribution in [0.15, 0.2) is 23.1 Å². The molecule has 0 aromatic heterocycles. The first-order chi connectivity index (χ1) is 9.35. The largest absolute Gasteiger partial charge is 0.493 e. The van der Waals surface area contributed by atoms with Crippen LogP contribution in [0.1, 0.15) is 0 Å². The molecule has 112 valence electrons. The second kappa shape index (κ2) is 6.55. The van der Waals surface area contributed by atoms with E-state index in [-0.39, 0.29) is 10.6 Å². The number of hydrogen-bond donors (Lipinski definition) is 3. The molecule has 0 saturated heterocycles. The number of aliphatic carboxylic acids is 1. The molecular weight excluding hydrogens is 290 g/mol. The first kappa shape index (κ1) is 16.2. The van der Waals surface area contributed by atoms with Crippen LogP contribution in [0, 0.1) is 0 Å². The summed E-state index contributed by atoms with van der Waals surface area (Å²) in [4.78, 5) is 10.5. The van der Waals surface area contributed by atoms with Crippen LogP contribution < -0.4 is 14.2 Å². The van der Waals surface area contributed by atoms with Crippen LogP contribution in [-0.4, -0.2) is 51.5 Å².